The topological polar surface area (TPSA) is 44.3 Å². The number of benzene rings is 1. The first-order chi connectivity index (χ1) is 15.8. The Morgan fingerprint density at radius 3 is 2.45 bits per heavy atom. The Labute approximate surface area is 193 Å². The van der Waals surface area contributed by atoms with Gasteiger partial charge in [0.25, 0.3) is 0 Å². The van der Waals surface area contributed by atoms with E-state index in [1.54, 1.807) is 18.3 Å². The monoisotopic (exact) mass is 466 g/mol. The van der Waals surface area contributed by atoms with Gasteiger partial charge in [-0.2, -0.15) is 9.49 Å². The normalized spacial score (nSPS) is 14.3. The first kappa shape index (κ1) is 22.0. The summed E-state index contributed by atoms with van der Waals surface area (Å²) in [6, 6.07) is 11.2. The van der Waals surface area contributed by atoms with Crippen molar-refractivity contribution in [2.24, 2.45) is 0 Å². The molecule has 0 aliphatic heterocycles. The fourth-order valence-corrected chi connectivity index (χ4v) is 4.82. The van der Waals surface area contributed by atoms with Gasteiger partial charge in [0.15, 0.2) is 0 Å². The van der Waals surface area contributed by atoms with Crippen molar-refractivity contribution in [2.75, 3.05) is 6.61 Å². The van der Waals surface area contributed by atoms with Crippen LogP contribution in [0.3, 0.4) is 0 Å². The minimum absolute atomic E-state index is 0.293. The molecule has 1 saturated carbocycles. The summed E-state index contributed by atoms with van der Waals surface area (Å²) in [5.41, 5.74) is 5.03. The molecule has 3 aromatic heterocycles. The van der Waals surface area contributed by atoms with Crippen LogP contribution in [0.25, 0.3) is 28.0 Å². The zero-order chi connectivity index (χ0) is 23.2. The minimum atomic E-state index is -1.19. The lowest BCUT2D eigenvalue weighted by Crippen LogP contribution is -2.22. The fourth-order valence-electron chi connectivity index (χ4n) is 4.07. The van der Waals surface area contributed by atoms with E-state index < -0.39 is 14.0 Å². The van der Waals surface area contributed by atoms with Crippen molar-refractivity contribution in [3.8, 4) is 22.4 Å². The minimum Gasteiger partial charge on any atom is -0.360 e. The van der Waals surface area contributed by atoms with Crippen LogP contribution in [-0.2, 0) is 11.5 Å². The van der Waals surface area contributed by atoms with Gasteiger partial charge in [-0.3, -0.25) is 4.40 Å². The van der Waals surface area contributed by atoms with Gasteiger partial charge in [0.1, 0.15) is 23.9 Å². The Hall–Kier alpha value is -2.84. The maximum atomic E-state index is 14.3. The number of hydrogen-bond acceptors (Lipinski definition) is 3. The van der Waals surface area contributed by atoms with Gasteiger partial charge >= 0.3 is 0 Å². The molecule has 0 amide bonds. The van der Waals surface area contributed by atoms with Gasteiger partial charge in [-0.25, -0.2) is 14.1 Å². The van der Waals surface area contributed by atoms with E-state index in [0.717, 1.165) is 47.0 Å². The molecule has 0 N–H and O–H groups in total. The number of fused-ring (bicyclic) bond motifs is 1. The third-order valence-electron chi connectivity index (χ3n) is 6.03. The number of hydrogen-bond donors (Lipinski definition) is 0. The van der Waals surface area contributed by atoms with E-state index in [1.807, 2.05) is 16.8 Å². The lowest BCUT2D eigenvalue weighted by molar-refractivity contribution is 0.0767. The summed E-state index contributed by atoms with van der Waals surface area (Å²) in [4.78, 5) is 4.10. The fraction of sp³-hybridized carbons (Fsp3) is 0.360. The highest BCUT2D eigenvalue weighted by Crippen LogP contribution is 2.47. The summed E-state index contributed by atoms with van der Waals surface area (Å²) < 4.78 is 37.4. The van der Waals surface area contributed by atoms with Crippen LogP contribution in [0.5, 0.6) is 0 Å². The second-order valence-electron chi connectivity index (χ2n) is 9.96. The van der Waals surface area contributed by atoms with Crippen molar-refractivity contribution in [1.29, 1.82) is 0 Å². The molecule has 0 atom stereocenters. The molecule has 172 valence electrons. The van der Waals surface area contributed by atoms with Gasteiger partial charge in [-0.05, 0) is 55.3 Å². The first-order valence-electron chi connectivity index (χ1n) is 11.4. The Bertz CT molecular complexity index is 1290. The van der Waals surface area contributed by atoms with E-state index in [1.165, 1.54) is 22.7 Å². The van der Waals surface area contributed by atoms with Gasteiger partial charge < -0.3 is 4.74 Å². The average molecular weight is 467 g/mol. The molecule has 0 spiro atoms. The van der Waals surface area contributed by atoms with Crippen LogP contribution in [0, 0.1) is 11.8 Å². The number of ether oxygens (including phenoxy) is 1. The van der Waals surface area contributed by atoms with E-state index in [-0.39, 0.29) is 5.82 Å². The average Bonchev–Trinajstić information content (AvgIpc) is 3.45. The first-order valence-corrected chi connectivity index (χ1v) is 15.1. The summed E-state index contributed by atoms with van der Waals surface area (Å²) in [6.45, 7) is 8.06. The second kappa shape index (κ2) is 8.50. The van der Waals surface area contributed by atoms with Crippen molar-refractivity contribution in [2.45, 2.75) is 51.2 Å². The Kier molecular flexibility index (Phi) is 5.66. The van der Waals surface area contributed by atoms with Crippen molar-refractivity contribution >= 4 is 13.7 Å². The predicted octanol–water partition coefficient (Wildman–Crippen LogP) is 6.33. The number of rotatable bonds is 8. The van der Waals surface area contributed by atoms with Gasteiger partial charge in [0, 0.05) is 43.5 Å². The number of pyridine rings is 1. The van der Waals surface area contributed by atoms with E-state index in [4.69, 9.17) is 9.84 Å². The van der Waals surface area contributed by atoms with Gasteiger partial charge in [-0.1, -0.05) is 19.6 Å². The molecule has 3 heterocycles. The van der Waals surface area contributed by atoms with Crippen molar-refractivity contribution in [3.05, 3.63) is 66.3 Å². The van der Waals surface area contributed by atoms with E-state index in [2.05, 4.69) is 24.6 Å². The number of imidazole rings is 1. The molecule has 1 fully saturated rings. The van der Waals surface area contributed by atoms with E-state index in [9.17, 15) is 8.78 Å². The molecule has 5 rings (SSSR count). The van der Waals surface area contributed by atoms with Crippen LogP contribution < -0.4 is 0 Å². The quantitative estimate of drug-likeness (QED) is 0.225. The molecule has 5 nitrogen and oxygen atoms in total. The molecule has 0 saturated heterocycles. The molecule has 0 bridgehead atoms. The number of aromatic nitrogens is 4. The molecule has 1 aromatic carbocycles. The highest BCUT2D eigenvalue weighted by molar-refractivity contribution is 6.76. The van der Waals surface area contributed by atoms with Crippen LogP contribution >= 0.6 is 0 Å². The zero-order valence-electron chi connectivity index (χ0n) is 19.2. The largest absolute Gasteiger partial charge is 0.360 e. The maximum Gasteiger partial charge on any atom is 0.217 e. The Morgan fingerprint density at radius 2 is 1.76 bits per heavy atom. The molecular weight excluding hydrogens is 438 g/mol. The lowest BCUT2D eigenvalue weighted by Gasteiger charge is -2.16. The van der Waals surface area contributed by atoms with E-state index in [0.29, 0.717) is 24.9 Å². The van der Waals surface area contributed by atoms with Crippen LogP contribution in [0.1, 0.15) is 24.5 Å². The SMILES string of the molecule is C[Si](C)(C)CCOCn1nc(-c2ccc(F)cc2)c(-c2ccc3ncc(F)n3c2)c1C1CC1. The van der Waals surface area contributed by atoms with Gasteiger partial charge in [0.2, 0.25) is 5.95 Å². The van der Waals surface area contributed by atoms with Crippen LogP contribution in [0.15, 0.2) is 48.8 Å². The molecular formula is C25H28F2N4OSi. The summed E-state index contributed by atoms with van der Waals surface area (Å²) in [5.74, 6) is -0.324. The van der Waals surface area contributed by atoms with Crippen molar-refractivity contribution < 1.29 is 13.5 Å². The summed E-state index contributed by atoms with van der Waals surface area (Å²) in [6.07, 6.45) is 5.15. The Balaban J connectivity index is 1.60. The number of nitrogens with zero attached hydrogens (tertiary/aromatic N) is 4. The van der Waals surface area contributed by atoms with Crippen LogP contribution in [0.4, 0.5) is 8.78 Å². The summed E-state index contributed by atoms with van der Waals surface area (Å²) in [5, 5.41) is 4.93. The van der Waals surface area contributed by atoms with Crippen LogP contribution in [0.2, 0.25) is 25.7 Å². The summed E-state index contributed by atoms with van der Waals surface area (Å²) >= 11 is 0. The molecule has 33 heavy (non-hydrogen) atoms. The van der Waals surface area contributed by atoms with Gasteiger partial charge in [-0.15, -0.1) is 0 Å². The van der Waals surface area contributed by atoms with Crippen molar-refractivity contribution in [3.63, 3.8) is 0 Å². The smallest absolute Gasteiger partial charge is 0.217 e. The molecule has 1 aliphatic carbocycles. The molecule has 4 aromatic rings. The molecule has 8 heteroatoms. The third-order valence-corrected chi connectivity index (χ3v) is 7.74. The summed E-state index contributed by atoms with van der Waals surface area (Å²) in [7, 11) is -1.19. The lowest BCUT2D eigenvalue weighted by atomic mass is 9.98. The van der Waals surface area contributed by atoms with Crippen LogP contribution in [-0.4, -0.2) is 33.8 Å². The highest BCUT2D eigenvalue weighted by Gasteiger charge is 2.33. The zero-order valence-corrected chi connectivity index (χ0v) is 20.2. The Morgan fingerprint density at radius 1 is 1.03 bits per heavy atom. The molecule has 0 radical (unpaired) electrons. The van der Waals surface area contributed by atoms with E-state index >= 15 is 0 Å². The second-order valence-corrected chi connectivity index (χ2v) is 15.6. The number of halogens is 2. The molecule has 1 aliphatic rings. The standard InChI is InChI=1S/C25H28F2N4OSi/c1-33(2,3)13-12-32-16-31-25(18-4-5-18)23(24(29-31)17-6-9-20(26)10-7-17)19-8-11-22-28-14-21(27)30(22)15-19/h6-11,14-15,18H,4-5,12-13,16H2,1-3H3. The highest BCUT2D eigenvalue weighted by atomic mass is 28.3. The third kappa shape index (κ3) is 4.63. The predicted molar refractivity (Wildman–Crippen MR) is 128 cm³/mol. The van der Waals surface area contributed by atoms with Gasteiger partial charge in [0.05, 0.1) is 11.9 Å². The molecule has 0 unspecified atom stereocenters. The van der Waals surface area contributed by atoms with Crippen molar-refractivity contribution in [1.82, 2.24) is 19.2 Å². The maximum absolute atomic E-state index is 14.3.